The molecule has 0 aliphatic carbocycles. The highest BCUT2D eigenvalue weighted by Gasteiger charge is 2.11. The molecule has 2 rings (SSSR count). The number of nitrogens with zero attached hydrogens (tertiary/aromatic N) is 4. The van der Waals surface area contributed by atoms with Gasteiger partial charge in [0.05, 0.1) is 0 Å². The Bertz CT molecular complexity index is 488. The summed E-state index contributed by atoms with van der Waals surface area (Å²) in [6.45, 7) is 5.22. The van der Waals surface area contributed by atoms with Crippen LogP contribution in [-0.2, 0) is 13.5 Å². The standard InChI is InChI=1S/C12H19N5O/c1-9(2)13-6-4-5-10-15-11(16-18-10)12-14-7-8-17(12)3/h7-9,13H,4-6H2,1-3H3. The summed E-state index contributed by atoms with van der Waals surface area (Å²) in [6.07, 6.45) is 5.35. The first-order chi connectivity index (χ1) is 8.66. The van der Waals surface area contributed by atoms with Gasteiger partial charge in [-0.05, 0) is 13.0 Å². The van der Waals surface area contributed by atoms with Gasteiger partial charge in [0.25, 0.3) is 0 Å². The molecule has 6 nitrogen and oxygen atoms in total. The molecular formula is C12H19N5O. The maximum absolute atomic E-state index is 5.21. The quantitative estimate of drug-likeness (QED) is 0.784. The average molecular weight is 249 g/mol. The summed E-state index contributed by atoms with van der Waals surface area (Å²) in [5.74, 6) is 1.94. The lowest BCUT2D eigenvalue weighted by molar-refractivity contribution is 0.373. The van der Waals surface area contributed by atoms with Crippen molar-refractivity contribution in [3.63, 3.8) is 0 Å². The van der Waals surface area contributed by atoms with Crippen LogP contribution in [0.25, 0.3) is 11.6 Å². The van der Waals surface area contributed by atoms with Gasteiger partial charge in [-0.2, -0.15) is 4.98 Å². The number of aromatic nitrogens is 4. The van der Waals surface area contributed by atoms with E-state index in [1.165, 1.54) is 0 Å². The van der Waals surface area contributed by atoms with E-state index in [0.29, 0.717) is 17.8 Å². The van der Waals surface area contributed by atoms with Crippen LogP contribution in [0.15, 0.2) is 16.9 Å². The third-order valence-electron chi connectivity index (χ3n) is 2.61. The lowest BCUT2D eigenvalue weighted by atomic mass is 10.3. The first-order valence-electron chi connectivity index (χ1n) is 6.20. The summed E-state index contributed by atoms with van der Waals surface area (Å²) in [5.41, 5.74) is 0. The number of hydrogen-bond donors (Lipinski definition) is 1. The highest BCUT2D eigenvalue weighted by atomic mass is 16.5. The summed E-state index contributed by atoms with van der Waals surface area (Å²) in [5, 5.41) is 7.30. The number of rotatable bonds is 6. The minimum Gasteiger partial charge on any atom is -0.339 e. The zero-order valence-electron chi connectivity index (χ0n) is 11.1. The van der Waals surface area contributed by atoms with E-state index in [-0.39, 0.29) is 0 Å². The number of imidazole rings is 1. The molecule has 0 fully saturated rings. The number of aryl methyl sites for hydroxylation is 2. The van der Waals surface area contributed by atoms with Crippen LogP contribution in [0.4, 0.5) is 0 Å². The maximum atomic E-state index is 5.21. The summed E-state index contributed by atoms with van der Waals surface area (Å²) in [4.78, 5) is 8.53. The highest BCUT2D eigenvalue weighted by Crippen LogP contribution is 2.12. The lowest BCUT2D eigenvalue weighted by Gasteiger charge is -2.05. The molecule has 0 bridgehead atoms. The predicted octanol–water partition coefficient (Wildman–Crippen LogP) is 1.40. The third-order valence-corrected chi connectivity index (χ3v) is 2.61. The molecule has 18 heavy (non-hydrogen) atoms. The average Bonchev–Trinajstić information content (AvgIpc) is 2.92. The van der Waals surface area contributed by atoms with E-state index in [1.807, 2.05) is 17.8 Å². The van der Waals surface area contributed by atoms with E-state index in [0.717, 1.165) is 25.2 Å². The Labute approximate surface area is 106 Å². The van der Waals surface area contributed by atoms with Gasteiger partial charge in [0.15, 0.2) is 5.82 Å². The van der Waals surface area contributed by atoms with Gasteiger partial charge < -0.3 is 14.4 Å². The molecule has 98 valence electrons. The van der Waals surface area contributed by atoms with Crippen molar-refractivity contribution < 1.29 is 4.52 Å². The van der Waals surface area contributed by atoms with Gasteiger partial charge in [0.2, 0.25) is 11.7 Å². The molecule has 0 radical (unpaired) electrons. The minimum atomic E-state index is 0.510. The van der Waals surface area contributed by atoms with Crippen molar-refractivity contribution in [1.82, 2.24) is 25.0 Å². The van der Waals surface area contributed by atoms with Gasteiger partial charge in [0, 0.05) is 31.9 Å². The van der Waals surface area contributed by atoms with Gasteiger partial charge >= 0.3 is 0 Å². The second-order valence-corrected chi connectivity index (χ2v) is 4.59. The Morgan fingerprint density at radius 3 is 2.94 bits per heavy atom. The summed E-state index contributed by atoms with van der Waals surface area (Å²) < 4.78 is 7.08. The molecule has 2 aromatic heterocycles. The van der Waals surface area contributed by atoms with Crippen molar-refractivity contribution >= 4 is 0 Å². The Kier molecular flexibility index (Phi) is 4.09. The second-order valence-electron chi connectivity index (χ2n) is 4.59. The Morgan fingerprint density at radius 2 is 2.28 bits per heavy atom. The van der Waals surface area contributed by atoms with Gasteiger partial charge in [0.1, 0.15) is 0 Å². The third kappa shape index (κ3) is 3.16. The molecule has 0 saturated carbocycles. The molecule has 1 N–H and O–H groups in total. The van der Waals surface area contributed by atoms with Gasteiger partial charge in [-0.1, -0.05) is 19.0 Å². The number of hydrogen-bond acceptors (Lipinski definition) is 5. The Morgan fingerprint density at radius 1 is 1.44 bits per heavy atom. The molecule has 0 spiro atoms. The van der Waals surface area contributed by atoms with E-state index in [9.17, 15) is 0 Å². The smallest absolute Gasteiger partial charge is 0.238 e. The number of nitrogens with one attached hydrogen (secondary N) is 1. The van der Waals surface area contributed by atoms with Gasteiger partial charge in [-0.3, -0.25) is 0 Å². The van der Waals surface area contributed by atoms with Crippen LogP contribution in [0, 0.1) is 0 Å². The summed E-state index contributed by atoms with van der Waals surface area (Å²) in [7, 11) is 1.91. The van der Waals surface area contributed by atoms with Gasteiger partial charge in [-0.25, -0.2) is 4.98 Å². The second kappa shape index (κ2) is 5.77. The first-order valence-corrected chi connectivity index (χ1v) is 6.20. The lowest BCUT2D eigenvalue weighted by Crippen LogP contribution is -2.23. The van der Waals surface area contributed by atoms with Crippen molar-refractivity contribution in [2.24, 2.45) is 7.05 Å². The van der Waals surface area contributed by atoms with E-state index in [1.54, 1.807) is 6.20 Å². The van der Waals surface area contributed by atoms with E-state index in [2.05, 4.69) is 34.3 Å². The zero-order valence-corrected chi connectivity index (χ0v) is 11.1. The van der Waals surface area contributed by atoms with Crippen molar-refractivity contribution in [3.8, 4) is 11.6 Å². The maximum Gasteiger partial charge on any atom is 0.238 e. The highest BCUT2D eigenvalue weighted by molar-refractivity contribution is 5.42. The molecule has 0 amide bonds. The van der Waals surface area contributed by atoms with Gasteiger partial charge in [-0.15, -0.1) is 0 Å². The largest absolute Gasteiger partial charge is 0.339 e. The first kappa shape index (κ1) is 12.8. The molecule has 2 heterocycles. The molecule has 0 aromatic carbocycles. The topological polar surface area (TPSA) is 68.8 Å². The van der Waals surface area contributed by atoms with Crippen LogP contribution in [0.1, 0.15) is 26.2 Å². The van der Waals surface area contributed by atoms with Crippen LogP contribution in [-0.4, -0.2) is 32.3 Å². The molecule has 0 unspecified atom stereocenters. The molecule has 0 atom stereocenters. The molecule has 0 saturated heterocycles. The summed E-state index contributed by atoms with van der Waals surface area (Å²) in [6, 6.07) is 0.510. The van der Waals surface area contributed by atoms with Crippen molar-refractivity contribution in [1.29, 1.82) is 0 Å². The summed E-state index contributed by atoms with van der Waals surface area (Å²) >= 11 is 0. The van der Waals surface area contributed by atoms with Crippen LogP contribution < -0.4 is 5.32 Å². The fourth-order valence-electron chi connectivity index (χ4n) is 1.66. The van der Waals surface area contributed by atoms with E-state index in [4.69, 9.17) is 4.52 Å². The van der Waals surface area contributed by atoms with Crippen molar-refractivity contribution in [2.45, 2.75) is 32.7 Å². The van der Waals surface area contributed by atoms with E-state index < -0.39 is 0 Å². The Hall–Kier alpha value is -1.69. The molecule has 0 aliphatic heterocycles. The zero-order chi connectivity index (χ0) is 13.0. The SMILES string of the molecule is CC(C)NCCCc1nc(-c2nccn2C)no1. The van der Waals surface area contributed by atoms with Crippen LogP contribution in [0.2, 0.25) is 0 Å². The fourth-order valence-corrected chi connectivity index (χ4v) is 1.66. The van der Waals surface area contributed by atoms with E-state index >= 15 is 0 Å². The molecule has 2 aromatic rings. The normalized spacial score (nSPS) is 11.3. The molecule has 6 heteroatoms. The van der Waals surface area contributed by atoms with Crippen LogP contribution in [0.5, 0.6) is 0 Å². The molecular weight excluding hydrogens is 230 g/mol. The predicted molar refractivity (Wildman–Crippen MR) is 68.0 cm³/mol. The monoisotopic (exact) mass is 249 g/mol. The molecule has 0 aliphatic rings. The minimum absolute atomic E-state index is 0.510. The van der Waals surface area contributed by atoms with Crippen molar-refractivity contribution in [2.75, 3.05) is 6.54 Å². The Balaban J connectivity index is 1.89. The van der Waals surface area contributed by atoms with Crippen LogP contribution >= 0.6 is 0 Å². The van der Waals surface area contributed by atoms with Crippen molar-refractivity contribution in [3.05, 3.63) is 18.3 Å². The van der Waals surface area contributed by atoms with Crippen LogP contribution in [0.3, 0.4) is 0 Å². The fraction of sp³-hybridized carbons (Fsp3) is 0.583.